The zero-order valence-corrected chi connectivity index (χ0v) is 8.54. The van der Waals surface area contributed by atoms with E-state index >= 15 is 0 Å². The Kier molecular flexibility index (Phi) is 3.08. The van der Waals surface area contributed by atoms with Gasteiger partial charge in [-0.3, -0.25) is 14.9 Å². The molecule has 0 bridgehead atoms. The van der Waals surface area contributed by atoms with Crippen LogP contribution in [0.2, 0.25) is 0 Å². The molecular weight excluding hydrogens is 241 g/mol. The summed E-state index contributed by atoms with van der Waals surface area (Å²) in [6.45, 7) is 0.893. The Balaban J connectivity index is 3.75. The number of anilines is 1. The van der Waals surface area contributed by atoms with E-state index in [9.17, 15) is 28.1 Å². The molecule has 0 aromatic heterocycles. The lowest BCUT2D eigenvalue weighted by molar-refractivity contribution is -0.387. The monoisotopic (exact) mass is 248 g/mol. The first-order valence-corrected chi connectivity index (χ1v) is 4.31. The molecule has 17 heavy (non-hydrogen) atoms. The third-order valence-corrected chi connectivity index (χ3v) is 2.05. The van der Waals surface area contributed by atoms with Gasteiger partial charge in [0, 0.05) is 5.56 Å². The summed E-state index contributed by atoms with van der Waals surface area (Å²) in [5, 5.41) is 10.6. The molecule has 5 nitrogen and oxygen atoms in total. The normalized spacial score (nSPS) is 11.3. The van der Waals surface area contributed by atoms with Crippen molar-refractivity contribution in [2.24, 2.45) is 0 Å². The highest BCUT2D eigenvalue weighted by molar-refractivity contribution is 5.97. The molecule has 0 heterocycles. The van der Waals surface area contributed by atoms with Gasteiger partial charge in [-0.2, -0.15) is 13.2 Å². The smallest absolute Gasteiger partial charge is 0.393 e. The minimum Gasteiger partial charge on any atom is -0.393 e. The number of carbonyl (C=O) groups is 1. The van der Waals surface area contributed by atoms with Crippen molar-refractivity contribution in [1.82, 2.24) is 0 Å². The standard InChI is InChI=1S/C9H7F3N2O3/c1-4(15)5-2-3-6(13)8(14(16)17)7(5)9(10,11)12/h2-3H,13H2,1H3. The van der Waals surface area contributed by atoms with E-state index in [1.165, 1.54) is 0 Å². The van der Waals surface area contributed by atoms with E-state index in [0.717, 1.165) is 19.1 Å². The predicted molar refractivity (Wildman–Crippen MR) is 52.5 cm³/mol. The number of ketones is 1. The van der Waals surface area contributed by atoms with Gasteiger partial charge < -0.3 is 5.73 Å². The Bertz CT molecular complexity index is 497. The predicted octanol–water partition coefficient (Wildman–Crippen LogP) is 2.40. The van der Waals surface area contributed by atoms with Gasteiger partial charge in [-0.15, -0.1) is 0 Å². The third kappa shape index (κ3) is 2.35. The van der Waals surface area contributed by atoms with Crippen LogP contribution < -0.4 is 5.73 Å². The molecule has 0 radical (unpaired) electrons. The number of alkyl halides is 3. The van der Waals surface area contributed by atoms with Crippen LogP contribution in [0.4, 0.5) is 24.5 Å². The zero-order chi connectivity index (χ0) is 13.4. The molecule has 0 spiro atoms. The molecule has 0 aliphatic heterocycles. The lowest BCUT2D eigenvalue weighted by Gasteiger charge is -2.12. The number of nitrogens with zero attached hydrogens (tertiary/aromatic N) is 1. The minimum atomic E-state index is -5.02. The number of nitrogen functional groups attached to an aromatic ring is 1. The van der Waals surface area contributed by atoms with Crippen LogP contribution in [-0.4, -0.2) is 10.7 Å². The second kappa shape index (κ2) is 4.04. The Hall–Kier alpha value is -2.12. The molecule has 0 atom stereocenters. The summed E-state index contributed by atoms with van der Waals surface area (Å²) < 4.78 is 38.1. The van der Waals surface area contributed by atoms with Crippen molar-refractivity contribution >= 4 is 17.2 Å². The molecule has 1 aromatic carbocycles. The Morgan fingerprint density at radius 1 is 1.41 bits per heavy atom. The van der Waals surface area contributed by atoms with Crippen molar-refractivity contribution in [1.29, 1.82) is 0 Å². The number of hydrogen-bond acceptors (Lipinski definition) is 4. The number of hydrogen-bond donors (Lipinski definition) is 1. The first kappa shape index (κ1) is 12.9. The fourth-order valence-corrected chi connectivity index (χ4v) is 1.38. The molecule has 0 aliphatic carbocycles. The maximum Gasteiger partial charge on any atom is 0.423 e. The summed E-state index contributed by atoms with van der Waals surface area (Å²) in [7, 11) is 0. The zero-order valence-electron chi connectivity index (χ0n) is 8.54. The van der Waals surface area contributed by atoms with Crippen LogP contribution in [0.1, 0.15) is 22.8 Å². The van der Waals surface area contributed by atoms with Gasteiger partial charge in [0.25, 0.3) is 0 Å². The topological polar surface area (TPSA) is 86.2 Å². The highest BCUT2D eigenvalue weighted by Gasteiger charge is 2.43. The number of benzene rings is 1. The highest BCUT2D eigenvalue weighted by atomic mass is 19.4. The van der Waals surface area contributed by atoms with E-state index in [0.29, 0.717) is 0 Å². The van der Waals surface area contributed by atoms with Crippen molar-refractivity contribution in [3.05, 3.63) is 33.4 Å². The largest absolute Gasteiger partial charge is 0.423 e. The quantitative estimate of drug-likeness (QED) is 0.377. The molecule has 92 valence electrons. The molecule has 2 N–H and O–H groups in total. The summed E-state index contributed by atoms with van der Waals surface area (Å²) in [6, 6.07) is 1.73. The number of Topliss-reactive ketones (excluding diaryl/α,β-unsaturated/α-hetero) is 1. The van der Waals surface area contributed by atoms with Crippen molar-refractivity contribution in [2.45, 2.75) is 13.1 Å². The van der Waals surface area contributed by atoms with Crippen LogP contribution in [0.25, 0.3) is 0 Å². The molecule has 1 aromatic rings. The van der Waals surface area contributed by atoms with E-state index in [-0.39, 0.29) is 0 Å². The average molecular weight is 248 g/mol. The number of rotatable bonds is 2. The summed E-state index contributed by atoms with van der Waals surface area (Å²) >= 11 is 0. The van der Waals surface area contributed by atoms with Gasteiger partial charge in [-0.1, -0.05) is 0 Å². The Labute approximate surface area is 93.2 Å². The van der Waals surface area contributed by atoms with Crippen molar-refractivity contribution in [3.8, 4) is 0 Å². The minimum absolute atomic E-state index is 0.632. The maximum atomic E-state index is 12.7. The van der Waals surface area contributed by atoms with Gasteiger partial charge in [0.1, 0.15) is 11.3 Å². The van der Waals surface area contributed by atoms with E-state index in [1.807, 2.05) is 0 Å². The summed E-state index contributed by atoms with van der Waals surface area (Å²) in [4.78, 5) is 20.4. The molecule has 0 saturated heterocycles. The molecule has 0 amide bonds. The van der Waals surface area contributed by atoms with E-state index in [1.54, 1.807) is 0 Å². The number of nitrogens with two attached hydrogens (primary N) is 1. The van der Waals surface area contributed by atoms with Crippen LogP contribution in [0.3, 0.4) is 0 Å². The first-order chi connectivity index (χ1) is 7.66. The number of carbonyl (C=O) groups excluding carboxylic acids is 1. The van der Waals surface area contributed by atoms with Crippen LogP contribution in [0.15, 0.2) is 12.1 Å². The van der Waals surface area contributed by atoms with Gasteiger partial charge in [0.15, 0.2) is 5.78 Å². The average Bonchev–Trinajstić information content (AvgIpc) is 2.14. The van der Waals surface area contributed by atoms with Crippen molar-refractivity contribution < 1.29 is 22.9 Å². The van der Waals surface area contributed by atoms with Gasteiger partial charge in [0.2, 0.25) is 0 Å². The SMILES string of the molecule is CC(=O)c1ccc(N)c([N+](=O)[O-])c1C(F)(F)F. The van der Waals surface area contributed by atoms with E-state index in [4.69, 9.17) is 5.73 Å². The fraction of sp³-hybridized carbons (Fsp3) is 0.222. The molecule has 0 aliphatic rings. The molecular formula is C9H7F3N2O3. The van der Waals surface area contributed by atoms with Gasteiger partial charge in [0.05, 0.1) is 4.92 Å². The van der Waals surface area contributed by atoms with Crippen LogP contribution in [0.5, 0.6) is 0 Å². The highest BCUT2D eigenvalue weighted by Crippen LogP contribution is 2.41. The van der Waals surface area contributed by atoms with Crippen molar-refractivity contribution in [3.63, 3.8) is 0 Å². The summed E-state index contributed by atoms with van der Waals surface area (Å²) in [5.41, 5.74) is 0.849. The van der Waals surface area contributed by atoms with Gasteiger partial charge in [-0.25, -0.2) is 0 Å². The van der Waals surface area contributed by atoms with Crippen LogP contribution >= 0.6 is 0 Å². The number of halogens is 3. The lowest BCUT2D eigenvalue weighted by atomic mass is 10.0. The summed E-state index contributed by atoms with van der Waals surface area (Å²) in [6.07, 6.45) is -5.02. The van der Waals surface area contributed by atoms with Crippen LogP contribution in [0, 0.1) is 10.1 Å². The number of nitro groups is 1. The van der Waals surface area contributed by atoms with Gasteiger partial charge >= 0.3 is 11.9 Å². The van der Waals surface area contributed by atoms with E-state index < -0.39 is 39.4 Å². The van der Waals surface area contributed by atoms with Crippen LogP contribution in [-0.2, 0) is 6.18 Å². The maximum absolute atomic E-state index is 12.7. The molecule has 1 rings (SSSR count). The molecule has 0 unspecified atom stereocenters. The summed E-state index contributed by atoms with van der Waals surface area (Å²) in [5.74, 6) is -0.916. The van der Waals surface area contributed by atoms with E-state index in [2.05, 4.69) is 0 Å². The molecule has 0 fully saturated rings. The fourth-order valence-electron chi connectivity index (χ4n) is 1.38. The Morgan fingerprint density at radius 3 is 2.29 bits per heavy atom. The second-order valence-corrected chi connectivity index (χ2v) is 3.24. The lowest BCUT2D eigenvalue weighted by Crippen LogP contribution is -2.16. The van der Waals surface area contributed by atoms with Crippen molar-refractivity contribution in [2.75, 3.05) is 5.73 Å². The second-order valence-electron chi connectivity index (χ2n) is 3.24. The van der Waals surface area contributed by atoms with Gasteiger partial charge in [-0.05, 0) is 19.1 Å². The Morgan fingerprint density at radius 2 is 1.94 bits per heavy atom. The molecule has 8 heteroatoms. The number of nitro benzene ring substituents is 1. The third-order valence-electron chi connectivity index (χ3n) is 2.05. The first-order valence-electron chi connectivity index (χ1n) is 4.31. The molecule has 0 saturated carbocycles.